The number of rotatable bonds is 7. The van der Waals surface area contributed by atoms with Crippen molar-refractivity contribution in [1.82, 2.24) is 4.90 Å². The molecule has 2 unspecified atom stereocenters. The number of fused-ring (bicyclic) bond motifs is 1. The molecule has 0 N–H and O–H groups in total. The normalized spacial score (nSPS) is 20.3. The standard InChI is InChI=1S/C24H26N2O5S2/c1-4-31-23(27)21-16(2)25-24-26(22(21)17-9-8-10-19(13-17)30-3)18(14-32-24)15-33(28,29)20-11-6-5-7-12-20/h5-13,18,22H,4,14-15H2,1-3H3. The second-order valence-corrected chi connectivity index (χ2v) is 10.8. The smallest absolute Gasteiger partial charge is 0.338 e. The van der Waals surface area contributed by atoms with Crippen molar-refractivity contribution in [2.75, 3.05) is 25.2 Å². The number of hydrogen-bond donors (Lipinski definition) is 0. The zero-order valence-electron chi connectivity index (χ0n) is 18.7. The van der Waals surface area contributed by atoms with E-state index in [0.717, 1.165) is 5.56 Å². The topological polar surface area (TPSA) is 85.3 Å². The van der Waals surface area contributed by atoms with Crippen molar-refractivity contribution in [3.63, 3.8) is 0 Å². The summed E-state index contributed by atoms with van der Waals surface area (Å²) >= 11 is 1.50. The Morgan fingerprint density at radius 3 is 2.64 bits per heavy atom. The van der Waals surface area contributed by atoms with Crippen LogP contribution in [0.15, 0.2) is 75.8 Å². The van der Waals surface area contributed by atoms with Gasteiger partial charge in [-0.2, -0.15) is 0 Å². The van der Waals surface area contributed by atoms with E-state index >= 15 is 0 Å². The van der Waals surface area contributed by atoms with E-state index in [9.17, 15) is 13.2 Å². The highest BCUT2D eigenvalue weighted by atomic mass is 32.2. The Morgan fingerprint density at radius 2 is 1.94 bits per heavy atom. The van der Waals surface area contributed by atoms with Crippen LogP contribution in [0, 0.1) is 0 Å². The molecule has 0 aliphatic carbocycles. The average Bonchev–Trinajstić information content (AvgIpc) is 3.20. The number of carbonyl (C=O) groups is 1. The van der Waals surface area contributed by atoms with E-state index in [2.05, 4.69) is 4.99 Å². The van der Waals surface area contributed by atoms with Gasteiger partial charge in [-0.15, -0.1) is 0 Å². The Bertz CT molecular complexity index is 1210. The number of carbonyl (C=O) groups excluding carboxylic acids is 1. The van der Waals surface area contributed by atoms with Gasteiger partial charge in [0.05, 0.1) is 47.7 Å². The molecule has 4 rings (SSSR count). The molecule has 2 heterocycles. The molecule has 0 amide bonds. The Morgan fingerprint density at radius 1 is 1.18 bits per heavy atom. The number of ether oxygens (including phenoxy) is 2. The number of benzene rings is 2. The average molecular weight is 487 g/mol. The number of allylic oxidation sites excluding steroid dienone is 1. The number of esters is 1. The van der Waals surface area contributed by atoms with Gasteiger partial charge < -0.3 is 14.4 Å². The number of amidine groups is 1. The van der Waals surface area contributed by atoms with Crippen molar-refractivity contribution >= 4 is 32.7 Å². The Hall–Kier alpha value is -2.78. The summed E-state index contributed by atoms with van der Waals surface area (Å²) in [6, 6.07) is 15.0. The number of nitrogens with zero attached hydrogens (tertiary/aromatic N) is 2. The molecule has 0 spiro atoms. The second-order valence-electron chi connectivity index (χ2n) is 7.76. The van der Waals surface area contributed by atoms with Gasteiger partial charge in [-0.3, -0.25) is 0 Å². The first-order valence-electron chi connectivity index (χ1n) is 10.6. The third-order valence-electron chi connectivity index (χ3n) is 5.64. The predicted molar refractivity (Wildman–Crippen MR) is 129 cm³/mol. The van der Waals surface area contributed by atoms with Crippen LogP contribution in [-0.2, 0) is 19.4 Å². The van der Waals surface area contributed by atoms with Gasteiger partial charge in [-0.1, -0.05) is 42.1 Å². The molecule has 1 fully saturated rings. The molecule has 1 saturated heterocycles. The summed E-state index contributed by atoms with van der Waals surface area (Å²) in [7, 11) is -1.96. The SMILES string of the molecule is CCOC(=O)C1=C(C)N=C2SCC(CS(=O)(=O)c3ccccc3)N2C1c1cccc(OC)c1. The summed E-state index contributed by atoms with van der Waals surface area (Å²) in [4.78, 5) is 19.9. The van der Waals surface area contributed by atoms with Crippen LogP contribution in [0.2, 0.25) is 0 Å². The van der Waals surface area contributed by atoms with E-state index in [1.54, 1.807) is 51.3 Å². The Balaban J connectivity index is 1.78. The monoisotopic (exact) mass is 486 g/mol. The number of thioether (sulfide) groups is 1. The van der Waals surface area contributed by atoms with E-state index < -0.39 is 21.8 Å². The van der Waals surface area contributed by atoms with Crippen LogP contribution in [0.4, 0.5) is 0 Å². The summed E-state index contributed by atoms with van der Waals surface area (Å²) < 4.78 is 37.2. The summed E-state index contributed by atoms with van der Waals surface area (Å²) in [5.41, 5.74) is 1.80. The second kappa shape index (κ2) is 9.61. The molecule has 2 aliphatic heterocycles. The molecule has 7 nitrogen and oxygen atoms in total. The molecule has 2 atom stereocenters. The van der Waals surface area contributed by atoms with Gasteiger partial charge >= 0.3 is 5.97 Å². The molecular weight excluding hydrogens is 460 g/mol. The third kappa shape index (κ3) is 4.65. The minimum Gasteiger partial charge on any atom is -0.497 e. The van der Waals surface area contributed by atoms with Crippen LogP contribution in [-0.4, -0.2) is 55.7 Å². The van der Waals surface area contributed by atoms with Gasteiger partial charge in [0, 0.05) is 5.75 Å². The molecule has 33 heavy (non-hydrogen) atoms. The minimum absolute atomic E-state index is 0.0847. The first-order valence-corrected chi connectivity index (χ1v) is 13.3. The van der Waals surface area contributed by atoms with Crippen molar-refractivity contribution in [2.24, 2.45) is 4.99 Å². The zero-order valence-corrected chi connectivity index (χ0v) is 20.4. The summed E-state index contributed by atoms with van der Waals surface area (Å²) in [6.07, 6.45) is 0. The van der Waals surface area contributed by atoms with Crippen molar-refractivity contribution < 1.29 is 22.7 Å². The quantitative estimate of drug-likeness (QED) is 0.550. The van der Waals surface area contributed by atoms with Gasteiger partial charge in [0.2, 0.25) is 0 Å². The Kier molecular flexibility index (Phi) is 6.81. The highest BCUT2D eigenvalue weighted by molar-refractivity contribution is 8.14. The van der Waals surface area contributed by atoms with Crippen molar-refractivity contribution in [3.05, 3.63) is 71.4 Å². The number of methoxy groups -OCH3 is 1. The molecule has 2 aromatic carbocycles. The maximum Gasteiger partial charge on any atom is 0.338 e. The highest BCUT2D eigenvalue weighted by Gasteiger charge is 2.45. The van der Waals surface area contributed by atoms with Gasteiger partial charge in [0.25, 0.3) is 0 Å². The van der Waals surface area contributed by atoms with Crippen LogP contribution < -0.4 is 4.74 Å². The summed E-state index contributed by atoms with van der Waals surface area (Å²) in [6.45, 7) is 3.78. The molecule has 2 aliphatic rings. The molecule has 0 bridgehead atoms. The largest absolute Gasteiger partial charge is 0.497 e. The van der Waals surface area contributed by atoms with Crippen LogP contribution in [0.1, 0.15) is 25.5 Å². The van der Waals surface area contributed by atoms with Crippen LogP contribution in [0.25, 0.3) is 0 Å². The zero-order chi connectivity index (χ0) is 23.6. The van der Waals surface area contributed by atoms with Gasteiger partial charge in [-0.05, 0) is 43.7 Å². The fourth-order valence-corrected chi connectivity index (χ4v) is 7.07. The van der Waals surface area contributed by atoms with Gasteiger partial charge in [-0.25, -0.2) is 18.2 Å². The van der Waals surface area contributed by atoms with E-state index in [-0.39, 0.29) is 23.3 Å². The van der Waals surface area contributed by atoms with Crippen molar-refractivity contribution in [2.45, 2.75) is 30.8 Å². The molecule has 9 heteroatoms. The number of aliphatic imine (C=N–C) groups is 1. The molecule has 0 radical (unpaired) electrons. The van der Waals surface area contributed by atoms with Gasteiger partial charge in [0.15, 0.2) is 15.0 Å². The van der Waals surface area contributed by atoms with E-state index in [4.69, 9.17) is 9.47 Å². The maximum atomic E-state index is 13.2. The van der Waals surface area contributed by atoms with Crippen LogP contribution >= 0.6 is 11.8 Å². The van der Waals surface area contributed by atoms with E-state index in [1.807, 2.05) is 29.2 Å². The predicted octanol–water partition coefficient (Wildman–Crippen LogP) is 3.83. The molecule has 2 aromatic rings. The Labute approximate surface area is 198 Å². The van der Waals surface area contributed by atoms with Gasteiger partial charge in [0.1, 0.15) is 5.75 Å². The first kappa shape index (κ1) is 23.4. The van der Waals surface area contributed by atoms with Crippen LogP contribution in [0.5, 0.6) is 5.75 Å². The molecule has 0 aromatic heterocycles. The molecule has 0 saturated carbocycles. The van der Waals surface area contributed by atoms with E-state index in [1.165, 1.54) is 11.8 Å². The van der Waals surface area contributed by atoms with E-state index in [0.29, 0.717) is 27.9 Å². The lowest BCUT2D eigenvalue weighted by molar-refractivity contribution is -0.139. The third-order valence-corrected chi connectivity index (χ3v) is 8.57. The lowest BCUT2D eigenvalue weighted by Crippen LogP contribution is -2.45. The van der Waals surface area contributed by atoms with Crippen molar-refractivity contribution in [1.29, 1.82) is 0 Å². The summed E-state index contributed by atoms with van der Waals surface area (Å²) in [5, 5.41) is 0.710. The fourth-order valence-electron chi connectivity index (χ4n) is 4.15. The van der Waals surface area contributed by atoms with Crippen LogP contribution in [0.3, 0.4) is 0 Å². The molecule has 174 valence electrons. The lowest BCUT2D eigenvalue weighted by Gasteiger charge is -2.38. The lowest BCUT2D eigenvalue weighted by atomic mass is 9.93. The fraction of sp³-hybridized carbons (Fsp3) is 0.333. The number of sulfone groups is 1. The maximum absolute atomic E-state index is 13.2. The molecular formula is C24H26N2O5S2. The highest BCUT2D eigenvalue weighted by Crippen LogP contribution is 2.44. The first-order chi connectivity index (χ1) is 15.9. The van der Waals surface area contributed by atoms with Crippen molar-refractivity contribution in [3.8, 4) is 5.75 Å². The number of hydrogen-bond acceptors (Lipinski definition) is 8. The summed E-state index contributed by atoms with van der Waals surface area (Å²) in [5.74, 6) is 0.665. The minimum atomic E-state index is -3.54.